The van der Waals surface area contributed by atoms with Crippen molar-refractivity contribution < 1.29 is 18.7 Å². The molecule has 9 heteroatoms. The summed E-state index contributed by atoms with van der Waals surface area (Å²) in [7, 11) is 1.59. The van der Waals surface area contributed by atoms with Crippen LogP contribution >= 0.6 is 0 Å². The van der Waals surface area contributed by atoms with Gasteiger partial charge in [-0.1, -0.05) is 36.4 Å². The van der Waals surface area contributed by atoms with Crippen LogP contribution in [0.25, 0.3) is 44.4 Å². The molecule has 3 aromatic heterocycles. The molecule has 0 saturated carbocycles. The van der Waals surface area contributed by atoms with Crippen LogP contribution in [0, 0.1) is 0 Å². The number of hydrogen-bond donors (Lipinski definition) is 0. The molecule has 0 amide bonds. The fourth-order valence-corrected chi connectivity index (χ4v) is 4.86. The van der Waals surface area contributed by atoms with Crippen molar-refractivity contribution in [2.75, 3.05) is 13.7 Å². The van der Waals surface area contributed by atoms with Crippen LogP contribution in [0.2, 0.25) is 0 Å². The molecule has 0 saturated heterocycles. The van der Waals surface area contributed by atoms with Gasteiger partial charge in [0.15, 0.2) is 5.76 Å². The van der Waals surface area contributed by atoms with E-state index in [2.05, 4.69) is 5.10 Å². The Kier molecular flexibility index (Phi) is 6.39. The summed E-state index contributed by atoms with van der Waals surface area (Å²) in [4.78, 5) is 31.0. The normalized spacial score (nSPS) is 12.5. The molecule has 200 valence electrons. The molecule has 9 nitrogen and oxygen atoms in total. The van der Waals surface area contributed by atoms with Crippen LogP contribution in [0.4, 0.5) is 0 Å². The maximum Gasteiger partial charge on any atom is 0.328 e. The van der Waals surface area contributed by atoms with E-state index in [-0.39, 0.29) is 17.4 Å². The second kappa shape index (κ2) is 10.2. The molecule has 40 heavy (non-hydrogen) atoms. The third-order valence-electron chi connectivity index (χ3n) is 6.84. The standard InChI is InChI=1S/C31H26N4O5/c1-4-39-31(37)19(2)34-18-20(21-10-6-8-13-25(21)34)17-32-35-29(33-24-12-7-5-11-22(24)30(35)36)28-16-23-26(38-3)14-9-15-27(23)40-28/h5-19H,4H2,1-3H3/t19-/m1/s1. The van der Waals surface area contributed by atoms with Crippen molar-refractivity contribution in [2.24, 2.45) is 5.10 Å². The number of fused-ring (bicyclic) bond motifs is 3. The first-order chi connectivity index (χ1) is 19.5. The van der Waals surface area contributed by atoms with Gasteiger partial charge in [-0.3, -0.25) is 4.79 Å². The van der Waals surface area contributed by atoms with Gasteiger partial charge in [0.2, 0.25) is 5.82 Å². The zero-order chi connectivity index (χ0) is 27.8. The third kappa shape index (κ3) is 4.21. The number of benzene rings is 3. The average molecular weight is 535 g/mol. The van der Waals surface area contributed by atoms with Crippen molar-refractivity contribution in [3.63, 3.8) is 0 Å². The Morgan fingerprint density at radius 2 is 1.82 bits per heavy atom. The van der Waals surface area contributed by atoms with E-state index in [9.17, 15) is 9.59 Å². The van der Waals surface area contributed by atoms with E-state index in [1.807, 2.05) is 59.3 Å². The van der Waals surface area contributed by atoms with Gasteiger partial charge in [0.05, 0.1) is 36.2 Å². The maximum absolute atomic E-state index is 13.7. The molecule has 1 atom stereocenters. The summed E-state index contributed by atoms with van der Waals surface area (Å²) in [5, 5.41) is 6.67. The molecule has 0 N–H and O–H groups in total. The predicted octanol–water partition coefficient (Wildman–Crippen LogP) is 5.78. The van der Waals surface area contributed by atoms with Crippen molar-refractivity contribution in [1.82, 2.24) is 14.2 Å². The van der Waals surface area contributed by atoms with E-state index in [1.54, 1.807) is 51.4 Å². The van der Waals surface area contributed by atoms with Gasteiger partial charge in [-0.2, -0.15) is 9.78 Å². The number of rotatable bonds is 7. The molecule has 0 radical (unpaired) electrons. The number of ether oxygens (including phenoxy) is 2. The van der Waals surface area contributed by atoms with Crippen molar-refractivity contribution in [3.8, 4) is 17.3 Å². The monoisotopic (exact) mass is 534 g/mol. The molecule has 3 heterocycles. The van der Waals surface area contributed by atoms with E-state index in [0.29, 0.717) is 34.6 Å². The molecule has 0 spiro atoms. The zero-order valence-corrected chi connectivity index (χ0v) is 22.2. The molecule has 3 aromatic carbocycles. The number of nitrogens with zero attached hydrogens (tertiary/aromatic N) is 4. The van der Waals surface area contributed by atoms with Crippen molar-refractivity contribution in [1.29, 1.82) is 0 Å². The molecule has 0 aliphatic rings. The van der Waals surface area contributed by atoms with E-state index in [4.69, 9.17) is 18.9 Å². The summed E-state index contributed by atoms with van der Waals surface area (Å²) >= 11 is 0. The van der Waals surface area contributed by atoms with Gasteiger partial charge in [-0.05, 0) is 50.2 Å². The minimum absolute atomic E-state index is 0.252. The van der Waals surface area contributed by atoms with E-state index < -0.39 is 6.04 Å². The highest BCUT2D eigenvalue weighted by molar-refractivity contribution is 6.00. The van der Waals surface area contributed by atoms with E-state index in [0.717, 1.165) is 21.9 Å². The quantitative estimate of drug-likeness (QED) is 0.190. The first kappa shape index (κ1) is 25.1. The first-order valence-corrected chi connectivity index (χ1v) is 12.9. The van der Waals surface area contributed by atoms with Gasteiger partial charge in [0, 0.05) is 22.7 Å². The molecule has 0 bridgehead atoms. The second-order valence-corrected chi connectivity index (χ2v) is 9.23. The lowest BCUT2D eigenvalue weighted by molar-refractivity contribution is -0.146. The highest BCUT2D eigenvalue weighted by Gasteiger charge is 2.21. The SMILES string of the molecule is CCOC(=O)[C@@H](C)n1cc(C=Nn2c(-c3cc4c(OC)cccc4o3)nc3ccccc3c2=O)c2ccccc21. The Bertz CT molecular complexity index is 1980. The number of esters is 1. The summed E-state index contributed by atoms with van der Waals surface area (Å²) in [5.41, 5.74) is 2.36. The predicted molar refractivity (Wildman–Crippen MR) is 154 cm³/mol. The number of hydrogen-bond acceptors (Lipinski definition) is 7. The average Bonchev–Trinajstić information content (AvgIpc) is 3.58. The number of methoxy groups -OCH3 is 1. The van der Waals surface area contributed by atoms with Crippen molar-refractivity contribution in [3.05, 3.63) is 94.9 Å². The summed E-state index contributed by atoms with van der Waals surface area (Å²) < 4.78 is 19.9. The van der Waals surface area contributed by atoms with Gasteiger partial charge in [0.25, 0.3) is 5.56 Å². The molecule has 0 fully saturated rings. The minimum atomic E-state index is -0.543. The Hall–Kier alpha value is -5.18. The number of carbonyl (C=O) groups excluding carboxylic acids is 1. The Balaban J connectivity index is 1.53. The van der Waals surface area contributed by atoms with Crippen LogP contribution in [0.5, 0.6) is 5.75 Å². The van der Waals surface area contributed by atoms with E-state index in [1.165, 1.54) is 4.68 Å². The Morgan fingerprint density at radius 1 is 1.05 bits per heavy atom. The third-order valence-corrected chi connectivity index (χ3v) is 6.84. The van der Waals surface area contributed by atoms with Crippen molar-refractivity contribution in [2.45, 2.75) is 19.9 Å². The number of aromatic nitrogens is 3. The number of furan rings is 1. The molecule has 6 aromatic rings. The highest BCUT2D eigenvalue weighted by Crippen LogP contribution is 2.33. The molecule has 6 rings (SSSR count). The molecular formula is C31H26N4O5. The lowest BCUT2D eigenvalue weighted by Gasteiger charge is -2.13. The Morgan fingerprint density at radius 3 is 2.62 bits per heavy atom. The second-order valence-electron chi connectivity index (χ2n) is 9.23. The van der Waals surface area contributed by atoms with Crippen LogP contribution < -0.4 is 10.3 Å². The number of para-hydroxylation sites is 2. The molecule has 0 aliphatic heterocycles. The summed E-state index contributed by atoms with van der Waals surface area (Å²) in [6.45, 7) is 3.86. The summed E-state index contributed by atoms with van der Waals surface area (Å²) in [6, 6.07) is 21.6. The fourth-order valence-electron chi connectivity index (χ4n) is 4.86. The first-order valence-electron chi connectivity index (χ1n) is 12.9. The molecular weight excluding hydrogens is 508 g/mol. The van der Waals surface area contributed by atoms with Crippen molar-refractivity contribution >= 4 is 45.0 Å². The van der Waals surface area contributed by atoms with Gasteiger partial charge >= 0.3 is 5.97 Å². The van der Waals surface area contributed by atoms with Crippen LogP contribution in [0.1, 0.15) is 25.5 Å². The lowest BCUT2D eigenvalue weighted by atomic mass is 10.2. The van der Waals surface area contributed by atoms with Gasteiger partial charge < -0.3 is 18.5 Å². The maximum atomic E-state index is 13.7. The molecule has 0 aliphatic carbocycles. The smallest absolute Gasteiger partial charge is 0.328 e. The van der Waals surface area contributed by atoms with Gasteiger partial charge in [0.1, 0.15) is 17.4 Å². The zero-order valence-electron chi connectivity index (χ0n) is 22.2. The van der Waals surface area contributed by atoms with Crippen LogP contribution in [-0.2, 0) is 9.53 Å². The molecule has 0 unspecified atom stereocenters. The van der Waals surface area contributed by atoms with E-state index >= 15 is 0 Å². The Labute approximate surface area is 228 Å². The largest absolute Gasteiger partial charge is 0.496 e. The fraction of sp³-hybridized carbons (Fsp3) is 0.161. The minimum Gasteiger partial charge on any atom is -0.496 e. The number of carbonyl (C=O) groups is 1. The van der Waals surface area contributed by atoms with Crippen LogP contribution in [0.15, 0.2) is 93.3 Å². The highest BCUT2D eigenvalue weighted by atomic mass is 16.5. The summed E-state index contributed by atoms with van der Waals surface area (Å²) in [5.74, 6) is 0.943. The lowest BCUT2D eigenvalue weighted by Crippen LogP contribution is -2.20. The van der Waals surface area contributed by atoms with Crippen LogP contribution in [-0.4, -0.2) is 40.1 Å². The van der Waals surface area contributed by atoms with Gasteiger partial charge in [-0.15, -0.1) is 0 Å². The topological polar surface area (TPSA) is 101 Å². The summed E-state index contributed by atoms with van der Waals surface area (Å²) in [6.07, 6.45) is 3.43. The van der Waals surface area contributed by atoms with Gasteiger partial charge in [-0.25, -0.2) is 9.78 Å². The van der Waals surface area contributed by atoms with Crippen LogP contribution in [0.3, 0.4) is 0 Å².